The van der Waals surface area contributed by atoms with Crippen LogP contribution in [0.3, 0.4) is 0 Å². The molecule has 8 nitrogen and oxygen atoms in total. The van der Waals surface area contributed by atoms with Gasteiger partial charge in [0, 0.05) is 24.4 Å². The van der Waals surface area contributed by atoms with Crippen LogP contribution in [-0.4, -0.2) is 46.8 Å². The molecule has 0 amide bonds. The third-order valence-electron chi connectivity index (χ3n) is 5.76. The van der Waals surface area contributed by atoms with Crippen LogP contribution in [0.15, 0.2) is 24.7 Å². The van der Waals surface area contributed by atoms with Crippen molar-refractivity contribution in [1.82, 2.24) is 20.2 Å². The fourth-order valence-electron chi connectivity index (χ4n) is 4.24. The summed E-state index contributed by atoms with van der Waals surface area (Å²) in [7, 11) is 4.03. The number of nitrogens with one attached hydrogen (secondary N) is 2. The van der Waals surface area contributed by atoms with Crippen molar-refractivity contribution in [3.63, 3.8) is 0 Å². The highest BCUT2D eigenvalue weighted by molar-refractivity contribution is 7.19. The molecular formula is C22H24N6O2S. The molecule has 5 rings (SSSR count). The molecule has 2 N–H and O–H groups in total. The molecule has 0 fully saturated rings. The monoisotopic (exact) mass is 436 g/mol. The highest BCUT2D eigenvalue weighted by atomic mass is 32.1. The molecule has 1 aromatic carbocycles. The smallest absolute Gasteiger partial charge is 0.309 e. The predicted octanol–water partition coefficient (Wildman–Crippen LogP) is 4.05. The summed E-state index contributed by atoms with van der Waals surface area (Å²) in [4.78, 5) is 25.6. The average molecular weight is 437 g/mol. The Morgan fingerprint density at radius 1 is 1.35 bits per heavy atom. The number of nitrogens with zero attached hydrogens (tertiary/aromatic N) is 4. The second-order valence-corrected chi connectivity index (χ2v) is 9.03. The van der Waals surface area contributed by atoms with Gasteiger partial charge in [-0.2, -0.15) is 5.10 Å². The van der Waals surface area contributed by atoms with Crippen molar-refractivity contribution in [2.75, 3.05) is 30.9 Å². The van der Waals surface area contributed by atoms with E-state index in [-0.39, 0.29) is 11.9 Å². The van der Waals surface area contributed by atoms with Crippen molar-refractivity contribution >= 4 is 55.6 Å². The number of rotatable bonds is 5. The molecule has 31 heavy (non-hydrogen) atoms. The number of H-pyrrole nitrogens is 1. The van der Waals surface area contributed by atoms with E-state index < -0.39 is 0 Å². The van der Waals surface area contributed by atoms with Crippen LogP contribution in [0, 0.1) is 5.92 Å². The number of aryl methyl sites for hydroxylation is 1. The van der Waals surface area contributed by atoms with E-state index in [2.05, 4.69) is 42.5 Å². The van der Waals surface area contributed by atoms with Crippen LogP contribution in [0.1, 0.15) is 23.8 Å². The van der Waals surface area contributed by atoms with Crippen molar-refractivity contribution in [3.05, 3.63) is 35.1 Å². The van der Waals surface area contributed by atoms with Gasteiger partial charge in [0.1, 0.15) is 17.0 Å². The third kappa shape index (κ3) is 3.48. The van der Waals surface area contributed by atoms with E-state index in [0.29, 0.717) is 13.0 Å². The molecule has 4 aromatic rings. The first kappa shape index (κ1) is 19.7. The topological polar surface area (TPSA) is 96.0 Å². The lowest BCUT2D eigenvalue weighted by molar-refractivity contribution is -0.148. The Labute approximate surface area is 183 Å². The van der Waals surface area contributed by atoms with Crippen LogP contribution < -0.4 is 10.2 Å². The van der Waals surface area contributed by atoms with E-state index in [1.54, 1.807) is 17.7 Å². The summed E-state index contributed by atoms with van der Waals surface area (Å²) < 4.78 is 5.25. The SMILES string of the molecule is CCOC(=O)C1CCc2c(sc3ncnc(Nc4cc5cn[nH]c5cc4N(C)C)c23)C1. The zero-order chi connectivity index (χ0) is 21.5. The first-order chi connectivity index (χ1) is 15.0. The van der Waals surface area contributed by atoms with E-state index >= 15 is 0 Å². The Kier molecular flexibility index (Phi) is 4.97. The number of carbonyl (C=O) groups is 1. The highest BCUT2D eigenvalue weighted by Gasteiger charge is 2.30. The van der Waals surface area contributed by atoms with Gasteiger partial charge in [-0.25, -0.2) is 9.97 Å². The summed E-state index contributed by atoms with van der Waals surface area (Å²) in [5.41, 5.74) is 4.23. The molecular weight excluding hydrogens is 412 g/mol. The first-order valence-electron chi connectivity index (χ1n) is 10.4. The summed E-state index contributed by atoms with van der Waals surface area (Å²) in [6, 6.07) is 4.16. The second kappa shape index (κ2) is 7.81. The molecule has 3 aromatic heterocycles. The molecule has 1 atom stereocenters. The van der Waals surface area contributed by atoms with Gasteiger partial charge in [-0.15, -0.1) is 11.3 Å². The number of aromatic amines is 1. The fourth-order valence-corrected chi connectivity index (χ4v) is 5.51. The molecule has 0 aliphatic heterocycles. The summed E-state index contributed by atoms with van der Waals surface area (Å²) in [5.74, 6) is 0.621. The molecule has 0 spiro atoms. The van der Waals surface area contributed by atoms with E-state index in [4.69, 9.17) is 4.74 Å². The largest absolute Gasteiger partial charge is 0.466 e. The molecule has 0 bridgehead atoms. The number of esters is 1. The molecule has 0 radical (unpaired) electrons. The zero-order valence-corrected chi connectivity index (χ0v) is 18.5. The van der Waals surface area contributed by atoms with Crippen molar-refractivity contribution in [3.8, 4) is 0 Å². The van der Waals surface area contributed by atoms with E-state index in [9.17, 15) is 4.79 Å². The van der Waals surface area contributed by atoms with Gasteiger partial charge in [0.05, 0.1) is 41.0 Å². The fraction of sp³-hybridized carbons (Fsp3) is 0.364. The second-order valence-electron chi connectivity index (χ2n) is 7.94. The number of benzene rings is 1. The Morgan fingerprint density at radius 2 is 2.23 bits per heavy atom. The number of hydrogen-bond acceptors (Lipinski definition) is 8. The summed E-state index contributed by atoms with van der Waals surface area (Å²) in [5, 5.41) is 12.8. The molecule has 1 aliphatic carbocycles. The van der Waals surface area contributed by atoms with Gasteiger partial charge >= 0.3 is 5.97 Å². The van der Waals surface area contributed by atoms with E-state index in [1.165, 1.54) is 10.4 Å². The first-order valence-corrected chi connectivity index (χ1v) is 11.2. The summed E-state index contributed by atoms with van der Waals surface area (Å²) in [6.07, 6.45) is 5.73. The van der Waals surface area contributed by atoms with Crippen LogP contribution >= 0.6 is 11.3 Å². The minimum Gasteiger partial charge on any atom is -0.466 e. The number of carbonyl (C=O) groups excluding carboxylic acids is 1. The number of thiophene rings is 1. The molecule has 3 heterocycles. The Bertz CT molecular complexity index is 1280. The average Bonchev–Trinajstić information content (AvgIpc) is 3.36. The molecule has 0 saturated heterocycles. The van der Waals surface area contributed by atoms with Crippen molar-refractivity contribution < 1.29 is 9.53 Å². The highest BCUT2D eigenvalue weighted by Crippen LogP contribution is 2.41. The Morgan fingerprint density at radius 3 is 3.03 bits per heavy atom. The molecule has 160 valence electrons. The summed E-state index contributed by atoms with van der Waals surface area (Å²) in [6.45, 7) is 2.27. The lowest BCUT2D eigenvalue weighted by Crippen LogP contribution is -2.23. The molecule has 9 heteroatoms. The maximum absolute atomic E-state index is 12.2. The molecule has 1 unspecified atom stereocenters. The quantitative estimate of drug-likeness (QED) is 0.456. The maximum Gasteiger partial charge on any atom is 0.309 e. The lowest BCUT2D eigenvalue weighted by atomic mass is 9.88. The van der Waals surface area contributed by atoms with Gasteiger partial charge in [0.15, 0.2) is 0 Å². The van der Waals surface area contributed by atoms with Gasteiger partial charge in [-0.3, -0.25) is 9.89 Å². The maximum atomic E-state index is 12.2. The standard InChI is InChI=1S/C22H24N6O2S/c1-4-30-22(29)12-5-6-14-18(8-12)31-21-19(14)20(23-11-24-21)26-16-7-13-10-25-27-15(13)9-17(16)28(2)3/h7,9-12H,4-6,8H2,1-3H3,(H,25,27)(H,23,24,26). The van der Waals surface area contributed by atoms with Crippen LogP contribution in [0.5, 0.6) is 0 Å². The van der Waals surface area contributed by atoms with Crippen molar-refractivity contribution in [1.29, 1.82) is 0 Å². The Hall–Kier alpha value is -3.20. The minimum absolute atomic E-state index is 0.0753. The third-order valence-corrected chi connectivity index (χ3v) is 6.92. The summed E-state index contributed by atoms with van der Waals surface area (Å²) >= 11 is 1.65. The van der Waals surface area contributed by atoms with Gasteiger partial charge in [0.25, 0.3) is 0 Å². The van der Waals surface area contributed by atoms with Gasteiger partial charge in [0.2, 0.25) is 0 Å². The van der Waals surface area contributed by atoms with Crippen LogP contribution in [0.25, 0.3) is 21.1 Å². The lowest BCUT2D eigenvalue weighted by Gasteiger charge is -2.21. The van der Waals surface area contributed by atoms with Gasteiger partial charge < -0.3 is 15.0 Å². The van der Waals surface area contributed by atoms with E-state index in [1.807, 2.05) is 27.2 Å². The minimum atomic E-state index is -0.0981. The molecule has 1 aliphatic rings. The van der Waals surface area contributed by atoms with Crippen LogP contribution in [-0.2, 0) is 22.4 Å². The van der Waals surface area contributed by atoms with E-state index in [0.717, 1.165) is 51.2 Å². The number of fused-ring (bicyclic) bond motifs is 4. The number of ether oxygens (including phenoxy) is 1. The van der Waals surface area contributed by atoms with Gasteiger partial charge in [-0.1, -0.05) is 0 Å². The van der Waals surface area contributed by atoms with Crippen molar-refractivity contribution in [2.24, 2.45) is 5.92 Å². The van der Waals surface area contributed by atoms with Gasteiger partial charge in [-0.05, 0) is 43.9 Å². The number of hydrogen-bond donors (Lipinski definition) is 2. The number of aromatic nitrogens is 4. The van der Waals surface area contributed by atoms with Crippen LogP contribution in [0.2, 0.25) is 0 Å². The molecule has 0 saturated carbocycles. The van der Waals surface area contributed by atoms with Crippen LogP contribution in [0.4, 0.5) is 17.2 Å². The van der Waals surface area contributed by atoms with Crippen molar-refractivity contribution in [2.45, 2.75) is 26.2 Å². The zero-order valence-electron chi connectivity index (χ0n) is 17.7. The normalized spacial score (nSPS) is 15.8. The number of anilines is 3. The predicted molar refractivity (Wildman–Crippen MR) is 123 cm³/mol. The Balaban J connectivity index is 1.55.